The zero-order chi connectivity index (χ0) is 24.9. The number of aromatic nitrogens is 3. The number of aromatic amines is 1. The maximum Gasteiger partial charge on any atom is 0.330 e. The van der Waals surface area contributed by atoms with Crippen LogP contribution in [0.1, 0.15) is 16.7 Å². The Hall–Kier alpha value is -4.62. The number of benzene rings is 3. The van der Waals surface area contributed by atoms with Crippen LogP contribution in [0.2, 0.25) is 0 Å². The standard InChI is InChI=1S/C29H25N3O4/c1-35-29(34)11-8-20-4-2-5-21(16-20)18-32-15-13-26(31-32)22-6-3-7-23(17-22)36-28-10-9-27-24(12-14-30-27)25(28)19-33/h2-17,30,33H,18-19H2,1H3/b11-8+. The third kappa shape index (κ3) is 5.06. The number of esters is 1. The molecule has 7 heteroatoms. The predicted molar refractivity (Wildman–Crippen MR) is 139 cm³/mol. The molecule has 0 atom stereocenters. The van der Waals surface area contributed by atoms with E-state index in [2.05, 4.69) is 9.72 Å². The SMILES string of the molecule is COC(=O)/C=C/c1cccc(Cn2ccc(-c3cccc(Oc4ccc5[nH]ccc5c4CO)c3)n2)c1. The van der Waals surface area contributed by atoms with Crippen LogP contribution in [0.3, 0.4) is 0 Å². The Morgan fingerprint density at radius 3 is 2.83 bits per heavy atom. The van der Waals surface area contributed by atoms with Crippen molar-refractivity contribution in [2.75, 3.05) is 7.11 Å². The van der Waals surface area contributed by atoms with Gasteiger partial charge in [-0.1, -0.05) is 30.3 Å². The van der Waals surface area contributed by atoms with E-state index >= 15 is 0 Å². The summed E-state index contributed by atoms with van der Waals surface area (Å²) in [6, 6.07) is 23.3. The minimum Gasteiger partial charge on any atom is -0.466 e. The number of methoxy groups -OCH3 is 1. The van der Waals surface area contributed by atoms with E-state index in [9.17, 15) is 9.90 Å². The van der Waals surface area contributed by atoms with Gasteiger partial charge in [0.05, 0.1) is 26.0 Å². The van der Waals surface area contributed by atoms with Crippen LogP contribution in [0, 0.1) is 0 Å². The van der Waals surface area contributed by atoms with Gasteiger partial charge in [-0.25, -0.2) is 4.79 Å². The van der Waals surface area contributed by atoms with Gasteiger partial charge in [0.1, 0.15) is 11.5 Å². The largest absolute Gasteiger partial charge is 0.466 e. The van der Waals surface area contributed by atoms with E-state index in [4.69, 9.17) is 9.84 Å². The van der Waals surface area contributed by atoms with Crippen LogP contribution in [-0.2, 0) is 22.7 Å². The fourth-order valence-electron chi connectivity index (χ4n) is 4.10. The number of ether oxygens (including phenoxy) is 2. The average molecular weight is 480 g/mol. The first-order valence-corrected chi connectivity index (χ1v) is 11.5. The second kappa shape index (κ2) is 10.3. The Morgan fingerprint density at radius 1 is 1.08 bits per heavy atom. The number of aliphatic hydroxyl groups excluding tert-OH is 1. The summed E-state index contributed by atoms with van der Waals surface area (Å²) >= 11 is 0. The van der Waals surface area contributed by atoms with Crippen LogP contribution in [0.25, 0.3) is 28.2 Å². The van der Waals surface area contributed by atoms with Crippen molar-refractivity contribution in [2.24, 2.45) is 0 Å². The van der Waals surface area contributed by atoms with Gasteiger partial charge in [-0.2, -0.15) is 5.10 Å². The van der Waals surface area contributed by atoms with E-state index in [0.717, 1.165) is 38.9 Å². The van der Waals surface area contributed by atoms with Crippen molar-refractivity contribution in [3.05, 3.63) is 108 Å². The molecule has 0 saturated carbocycles. The Kier molecular flexibility index (Phi) is 6.64. The quantitative estimate of drug-likeness (QED) is 0.225. The highest BCUT2D eigenvalue weighted by atomic mass is 16.5. The monoisotopic (exact) mass is 479 g/mol. The number of hydrogen-bond donors (Lipinski definition) is 2. The van der Waals surface area contributed by atoms with Crippen molar-refractivity contribution in [2.45, 2.75) is 13.2 Å². The normalized spacial score (nSPS) is 11.3. The summed E-state index contributed by atoms with van der Waals surface area (Å²) in [5.41, 5.74) is 5.42. The molecule has 3 aromatic carbocycles. The number of carbonyl (C=O) groups excluding carboxylic acids is 1. The first-order valence-electron chi connectivity index (χ1n) is 11.5. The van der Waals surface area contributed by atoms with E-state index in [1.54, 1.807) is 6.08 Å². The number of rotatable bonds is 8. The molecular weight excluding hydrogens is 454 g/mol. The minimum atomic E-state index is -0.388. The van der Waals surface area contributed by atoms with Gasteiger partial charge in [-0.15, -0.1) is 0 Å². The van der Waals surface area contributed by atoms with Crippen LogP contribution in [-0.4, -0.2) is 33.0 Å². The molecule has 0 saturated heterocycles. The Balaban J connectivity index is 1.33. The number of aliphatic hydroxyl groups is 1. The molecule has 0 aliphatic carbocycles. The molecule has 0 radical (unpaired) electrons. The summed E-state index contributed by atoms with van der Waals surface area (Å²) < 4.78 is 12.7. The van der Waals surface area contributed by atoms with E-state index in [-0.39, 0.29) is 12.6 Å². The van der Waals surface area contributed by atoms with E-state index in [1.807, 2.05) is 89.9 Å². The first-order chi connectivity index (χ1) is 17.6. The molecule has 5 rings (SSSR count). The number of hydrogen-bond acceptors (Lipinski definition) is 5. The van der Waals surface area contributed by atoms with E-state index < -0.39 is 0 Å². The smallest absolute Gasteiger partial charge is 0.330 e. The summed E-state index contributed by atoms with van der Waals surface area (Å²) in [6.07, 6.45) is 6.91. The highest BCUT2D eigenvalue weighted by Gasteiger charge is 2.11. The maximum absolute atomic E-state index is 11.4. The van der Waals surface area contributed by atoms with Crippen LogP contribution >= 0.6 is 0 Å². The molecule has 36 heavy (non-hydrogen) atoms. The molecule has 7 nitrogen and oxygen atoms in total. The number of carbonyl (C=O) groups is 1. The summed E-state index contributed by atoms with van der Waals surface area (Å²) in [5, 5.41) is 15.6. The van der Waals surface area contributed by atoms with Crippen molar-refractivity contribution in [1.82, 2.24) is 14.8 Å². The third-order valence-electron chi connectivity index (χ3n) is 5.87. The Morgan fingerprint density at radius 2 is 1.97 bits per heavy atom. The van der Waals surface area contributed by atoms with Crippen molar-refractivity contribution < 1.29 is 19.4 Å². The van der Waals surface area contributed by atoms with Gasteiger partial charge in [0.15, 0.2) is 0 Å². The third-order valence-corrected chi connectivity index (χ3v) is 5.87. The Bertz CT molecular complexity index is 1550. The van der Waals surface area contributed by atoms with Crippen LogP contribution < -0.4 is 4.74 Å². The molecule has 0 bridgehead atoms. The van der Waals surface area contributed by atoms with Gasteiger partial charge in [0.2, 0.25) is 0 Å². The van der Waals surface area contributed by atoms with Crippen molar-refractivity contribution in [1.29, 1.82) is 0 Å². The van der Waals surface area contributed by atoms with Crippen molar-refractivity contribution in [3.8, 4) is 22.8 Å². The second-order valence-corrected chi connectivity index (χ2v) is 8.27. The minimum absolute atomic E-state index is 0.117. The van der Waals surface area contributed by atoms with Crippen LogP contribution in [0.4, 0.5) is 0 Å². The van der Waals surface area contributed by atoms with Crippen LogP contribution in [0.5, 0.6) is 11.5 Å². The fraction of sp³-hybridized carbons (Fsp3) is 0.103. The molecule has 180 valence electrons. The van der Waals surface area contributed by atoms with Crippen LogP contribution in [0.15, 0.2) is 91.3 Å². The van der Waals surface area contributed by atoms with Gasteiger partial charge in [0, 0.05) is 40.5 Å². The van der Waals surface area contributed by atoms with Gasteiger partial charge in [0.25, 0.3) is 0 Å². The molecule has 0 unspecified atom stereocenters. The van der Waals surface area contributed by atoms with Crippen molar-refractivity contribution in [3.63, 3.8) is 0 Å². The fourth-order valence-corrected chi connectivity index (χ4v) is 4.10. The number of fused-ring (bicyclic) bond motifs is 1. The van der Waals surface area contributed by atoms with Gasteiger partial charge < -0.3 is 19.6 Å². The Labute approximate surface area is 208 Å². The molecule has 0 fully saturated rings. The lowest BCUT2D eigenvalue weighted by Gasteiger charge is -2.11. The lowest BCUT2D eigenvalue weighted by Crippen LogP contribution is -2.00. The molecule has 2 N–H and O–H groups in total. The summed E-state index contributed by atoms with van der Waals surface area (Å²) in [7, 11) is 1.36. The number of nitrogens with zero attached hydrogens (tertiary/aromatic N) is 2. The highest BCUT2D eigenvalue weighted by molar-refractivity contribution is 5.87. The maximum atomic E-state index is 11.4. The van der Waals surface area contributed by atoms with E-state index in [0.29, 0.717) is 18.0 Å². The average Bonchev–Trinajstić information content (AvgIpc) is 3.57. The van der Waals surface area contributed by atoms with Crippen molar-refractivity contribution >= 4 is 22.9 Å². The molecule has 0 amide bonds. The molecule has 2 heterocycles. The van der Waals surface area contributed by atoms with Gasteiger partial charge >= 0.3 is 5.97 Å². The molecule has 0 spiro atoms. The summed E-state index contributed by atoms with van der Waals surface area (Å²) in [5.74, 6) is 0.895. The number of H-pyrrole nitrogens is 1. The van der Waals surface area contributed by atoms with Gasteiger partial charge in [-0.3, -0.25) is 4.68 Å². The zero-order valence-corrected chi connectivity index (χ0v) is 19.7. The second-order valence-electron chi connectivity index (χ2n) is 8.27. The first kappa shape index (κ1) is 23.1. The molecular formula is C29H25N3O4. The highest BCUT2D eigenvalue weighted by Crippen LogP contribution is 2.32. The predicted octanol–water partition coefficient (Wildman–Crippen LogP) is 5.55. The summed E-state index contributed by atoms with van der Waals surface area (Å²) in [4.78, 5) is 14.5. The lowest BCUT2D eigenvalue weighted by atomic mass is 10.1. The molecule has 2 aromatic heterocycles. The van der Waals surface area contributed by atoms with Gasteiger partial charge in [-0.05, 0) is 59.7 Å². The topological polar surface area (TPSA) is 89.4 Å². The molecule has 0 aliphatic rings. The number of nitrogens with one attached hydrogen (secondary N) is 1. The van der Waals surface area contributed by atoms with E-state index in [1.165, 1.54) is 13.2 Å². The summed E-state index contributed by atoms with van der Waals surface area (Å²) in [6.45, 7) is 0.473. The zero-order valence-electron chi connectivity index (χ0n) is 19.7. The molecule has 5 aromatic rings. The molecule has 0 aliphatic heterocycles. The lowest BCUT2D eigenvalue weighted by molar-refractivity contribution is -0.134.